The van der Waals surface area contributed by atoms with Gasteiger partial charge in [-0.2, -0.15) is 13.2 Å². The number of alkyl halides is 3. The molecule has 0 radical (unpaired) electrons. The van der Waals surface area contributed by atoms with E-state index in [0.29, 0.717) is 11.1 Å². The molecule has 4 nitrogen and oxygen atoms in total. The summed E-state index contributed by atoms with van der Waals surface area (Å²) in [5.41, 5.74) is 1.05. The molecule has 2 rings (SSSR count). The van der Waals surface area contributed by atoms with Crippen molar-refractivity contribution in [2.24, 2.45) is 5.92 Å². The fourth-order valence-electron chi connectivity index (χ4n) is 2.92. The van der Waals surface area contributed by atoms with E-state index >= 15 is 0 Å². The van der Waals surface area contributed by atoms with Crippen molar-refractivity contribution in [3.05, 3.63) is 71.3 Å². The van der Waals surface area contributed by atoms with E-state index in [-0.39, 0.29) is 12.0 Å². The van der Waals surface area contributed by atoms with Crippen LogP contribution in [0, 0.1) is 5.92 Å². The van der Waals surface area contributed by atoms with E-state index in [4.69, 9.17) is 0 Å². The minimum Gasteiger partial charge on any atom is -0.479 e. The van der Waals surface area contributed by atoms with E-state index in [0.717, 1.165) is 0 Å². The third kappa shape index (κ3) is 6.13. The minimum atomic E-state index is -4.29. The highest BCUT2D eigenvalue weighted by molar-refractivity contribution is 5.96. The quantitative estimate of drug-likeness (QED) is 0.751. The molecule has 144 valence electrons. The van der Waals surface area contributed by atoms with Crippen molar-refractivity contribution >= 4 is 11.9 Å². The minimum absolute atomic E-state index is 0.0562. The van der Waals surface area contributed by atoms with E-state index in [1.807, 2.05) is 0 Å². The van der Waals surface area contributed by atoms with Crippen LogP contribution in [-0.2, 0) is 11.2 Å². The predicted molar refractivity (Wildman–Crippen MR) is 94.3 cm³/mol. The van der Waals surface area contributed by atoms with Crippen molar-refractivity contribution in [1.82, 2.24) is 5.32 Å². The Kier molecular flexibility index (Phi) is 6.60. The van der Waals surface area contributed by atoms with E-state index < -0.39 is 36.4 Å². The lowest BCUT2D eigenvalue weighted by Gasteiger charge is -2.21. The zero-order valence-corrected chi connectivity index (χ0v) is 14.7. The van der Waals surface area contributed by atoms with Gasteiger partial charge >= 0.3 is 12.1 Å². The van der Waals surface area contributed by atoms with Crippen LogP contribution in [0.5, 0.6) is 0 Å². The largest absolute Gasteiger partial charge is 0.479 e. The zero-order chi connectivity index (χ0) is 20.0. The molecule has 2 aromatic carbocycles. The Morgan fingerprint density at radius 3 is 2.22 bits per heavy atom. The van der Waals surface area contributed by atoms with Gasteiger partial charge in [-0.1, -0.05) is 49.4 Å². The van der Waals surface area contributed by atoms with Crippen molar-refractivity contribution in [2.45, 2.75) is 32.0 Å². The van der Waals surface area contributed by atoms with E-state index in [9.17, 15) is 27.9 Å². The lowest BCUT2D eigenvalue weighted by Crippen LogP contribution is -2.34. The summed E-state index contributed by atoms with van der Waals surface area (Å²) in [5.74, 6) is -2.57. The van der Waals surface area contributed by atoms with Gasteiger partial charge < -0.3 is 10.4 Å². The highest BCUT2D eigenvalue weighted by atomic mass is 19.4. The van der Waals surface area contributed by atoms with Gasteiger partial charge in [0.25, 0.3) is 5.91 Å². The van der Waals surface area contributed by atoms with Crippen molar-refractivity contribution in [1.29, 1.82) is 0 Å². The normalized spacial score (nSPS) is 13.6. The molecule has 0 aromatic heterocycles. The van der Waals surface area contributed by atoms with Crippen LogP contribution in [-0.4, -0.2) is 23.2 Å². The first-order chi connectivity index (χ1) is 12.7. The van der Waals surface area contributed by atoms with Crippen LogP contribution >= 0.6 is 0 Å². The Bertz CT molecular complexity index is 791. The van der Waals surface area contributed by atoms with Crippen molar-refractivity contribution < 1.29 is 27.9 Å². The fourth-order valence-corrected chi connectivity index (χ4v) is 2.92. The standard InChI is InChI=1S/C20H20F3NO3/c1-13(12-20(21,22)23)11-15-9-5-6-10-16(15)17(19(26)27)24-18(25)14-7-3-2-4-8-14/h2-10,13,17H,11-12H2,1H3,(H,24,25)(H,26,27). The molecule has 0 heterocycles. The van der Waals surface area contributed by atoms with Gasteiger partial charge in [0.1, 0.15) is 0 Å². The van der Waals surface area contributed by atoms with Gasteiger partial charge in [0, 0.05) is 12.0 Å². The Morgan fingerprint density at radius 2 is 1.63 bits per heavy atom. The predicted octanol–water partition coefficient (Wildman–Crippen LogP) is 4.37. The first-order valence-corrected chi connectivity index (χ1v) is 8.40. The number of carboxylic acids is 1. The average molecular weight is 379 g/mol. The number of carboxylic acid groups (broad SMARTS) is 1. The lowest BCUT2D eigenvalue weighted by molar-refractivity contribution is -0.143. The molecule has 2 N–H and O–H groups in total. The first kappa shape index (κ1) is 20.5. The summed E-state index contributed by atoms with van der Waals surface area (Å²) in [6.07, 6.45) is -5.20. The van der Waals surface area contributed by atoms with Crippen LogP contribution in [0.4, 0.5) is 13.2 Å². The lowest BCUT2D eigenvalue weighted by atomic mass is 9.91. The molecule has 0 spiro atoms. The number of amides is 1. The van der Waals surface area contributed by atoms with Crippen molar-refractivity contribution in [3.63, 3.8) is 0 Å². The monoisotopic (exact) mass is 379 g/mol. The molecule has 2 unspecified atom stereocenters. The molecule has 1 amide bonds. The third-order valence-corrected chi connectivity index (χ3v) is 4.07. The Hall–Kier alpha value is -2.83. The van der Waals surface area contributed by atoms with Crippen LogP contribution in [0.3, 0.4) is 0 Å². The van der Waals surface area contributed by atoms with Crippen molar-refractivity contribution in [2.75, 3.05) is 0 Å². The van der Waals surface area contributed by atoms with Gasteiger partial charge in [-0.15, -0.1) is 0 Å². The average Bonchev–Trinajstić information content (AvgIpc) is 2.59. The molecule has 0 saturated heterocycles. The number of carbonyl (C=O) groups excluding carboxylic acids is 1. The van der Waals surface area contributed by atoms with Gasteiger partial charge in [0.15, 0.2) is 6.04 Å². The zero-order valence-electron chi connectivity index (χ0n) is 14.7. The SMILES string of the molecule is CC(Cc1ccccc1C(NC(=O)c1ccccc1)C(=O)O)CC(F)(F)F. The molecule has 0 fully saturated rings. The van der Waals surface area contributed by atoms with E-state index in [1.165, 1.54) is 13.0 Å². The number of carbonyl (C=O) groups is 2. The number of benzene rings is 2. The van der Waals surface area contributed by atoms with Crippen molar-refractivity contribution in [3.8, 4) is 0 Å². The molecule has 0 aliphatic carbocycles. The molecule has 0 aliphatic rings. The second kappa shape index (κ2) is 8.70. The molecule has 0 bridgehead atoms. The maximum absolute atomic E-state index is 12.6. The Balaban J connectivity index is 2.25. The fraction of sp³-hybridized carbons (Fsp3) is 0.300. The summed E-state index contributed by atoms with van der Waals surface area (Å²) in [4.78, 5) is 24.1. The first-order valence-electron chi connectivity index (χ1n) is 8.40. The highest BCUT2D eigenvalue weighted by Gasteiger charge is 2.31. The van der Waals surface area contributed by atoms with Crippen LogP contribution in [0.1, 0.15) is 40.9 Å². The van der Waals surface area contributed by atoms with Gasteiger partial charge in [-0.25, -0.2) is 4.79 Å². The second-order valence-electron chi connectivity index (χ2n) is 6.44. The Morgan fingerprint density at radius 1 is 1.04 bits per heavy atom. The Labute approximate surface area is 155 Å². The van der Waals surface area contributed by atoms with Crippen LogP contribution in [0.25, 0.3) is 0 Å². The van der Waals surface area contributed by atoms with Crippen LogP contribution in [0.2, 0.25) is 0 Å². The van der Waals surface area contributed by atoms with Gasteiger partial charge in [-0.05, 0) is 35.6 Å². The third-order valence-electron chi connectivity index (χ3n) is 4.07. The molecule has 7 heteroatoms. The molecular weight excluding hydrogens is 359 g/mol. The maximum Gasteiger partial charge on any atom is 0.389 e. The summed E-state index contributed by atoms with van der Waals surface area (Å²) in [6.45, 7) is 1.46. The molecule has 0 aliphatic heterocycles. The second-order valence-corrected chi connectivity index (χ2v) is 6.44. The van der Waals surface area contributed by atoms with Gasteiger partial charge in [-0.3, -0.25) is 4.79 Å². The molecule has 27 heavy (non-hydrogen) atoms. The summed E-state index contributed by atoms with van der Waals surface area (Å²) in [7, 11) is 0. The number of halogens is 3. The van der Waals surface area contributed by atoms with Crippen LogP contribution in [0.15, 0.2) is 54.6 Å². The summed E-state index contributed by atoms with van der Waals surface area (Å²) in [5, 5.41) is 12.0. The maximum atomic E-state index is 12.6. The van der Waals surface area contributed by atoms with Crippen LogP contribution < -0.4 is 5.32 Å². The number of hydrogen-bond acceptors (Lipinski definition) is 2. The number of nitrogens with one attached hydrogen (secondary N) is 1. The number of hydrogen-bond donors (Lipinski definition) is 2. The summed E-state index contributed by atoms with van der Waals surface area (Å²) >= 11 is 0. The molecular formula is C20H20F3NO3. The number of aliphatic carboxylic acids is 1. The molecule has 2 aromatic rings. The van der Waals surface area contributed by atoms with E-state index in [1.54, 1.807) is 48.5 Å². The molecule has 0 saturated carbocycles. The van der Waals surface area contributed by atoms with Gasteiger partial charge in [0.2, 0.25) is 0 Å². The van der Waals surface area contributed by atoms with E-state index in [2.05, 4.69) is 5.32 Å². The molecule has 2 atom stereocenters. The number of rotatable bonds is 7. The highest BCUT2D eigenvalue weighted by Crippen LogP contribution is 2.29. The smallest absolute Gasteiger partial charge is 0.389 e. The topological polar surface area (TPSA) is 66.4 Å². The van der Waals surface area contributed by atoms with Gasteiger partial charge in [0.05, 0.1) is 0 Å². The summed E-state index contributed by atoms with van der Waals surface area (Å²) in [6, 6.07) is 13.1. The summed E-state index contributed by atoms with van der Waals surface area (Å²) < 4.78 is 37.8.